The first-order valence-electron chi connectivity index (χ1n) is 9.13. The van der Waals surface area contributed by atoms with Crippen molar-refractivity contribution in [3.8, 4) is 0 Å². The number of benzene rings is 2. The molecule has 6 heteroatoms. The molecule has 5 nitrogen and oxygen atoms in total. The van der Waals surface area contributed by atoms with Crippen molar-refractivity contribution in [1.82, 2.24) is 0 Å². The minimum absolute atomic E-state index is 0.0406. The molecule has 0 aliphatic carbocycles. The van der Waals surface area contributed by atoms with Gasteiger partial charge in [-0.3, -0.25) is 4.18 Å². The molecule has 0 bridgehead atoms. The van der Waals surface area contributed by atoms with E-state index in [0.29, 0.717) is 12.8 Å². The average molecular weight is 391 g/mol. The summed E-state index contributed by atoms with van der Waals surface area (Å²) in [7, 11) is -4.05. The molecule has 27 heavy (non-hydrogen) atoms. The predicted molar refractivity (Wildman–Crippen MR) is 104 cm³/mol. The number of ether oxygens (including phenoxy) is 1. The minimum atomic E-state index is -4.05. The Morgan fingerprint density at radius 1 is 1.07 bits per heavy atom. The van der Waals surface area contributed by atoms with Crippen molar-refractivity contribution in [2.75, 3.05) is 6.61 Å². The van der Waals surface area contributed by atoms with Crippen molar-refractivity contribution in [2.24, 2.45) is 0 Å². The van der Waals surface area contributed by atoms with Gasteiger partial charge in [0.15, 0.2) is 6.10 Å². The molecule has 1 atom stereocenters. The van der Waals surface area contributed by atoms with Gasteiger partial charge in [0.05, 0.1) is 11.5 Å². The van der Waals surface area contributed by atoms with E-state index in [4.69, 9.17) is 8.92 Å². The molecule has 2 aromatic rings. The molecule has 0 saturated heterocycles. The van der Waals surface area contributed by atoms with Gasteiger partial charge in [-0.1, -0.05) is 49.4 Å². The molecule has 0 unspecified atom stereocenters. The Hall–Kier alpha value is -2.18. The summed E-state index contributed by atoms with van der Waals surface area (Å²) in [5.74, 6) is -0.638. The summed E-state index contributed by atoms with van der Waals surface area (Å²) in [6.07, 6.45) is 1.12. The number of carbonyl (C=O) groups excluding carboxylic acids is 1. The molecule has 0 spiro atoms. The van der Waals surface area contributed by atoms with Gasteiger partial charge in [-0.15, -0.1) is 0 Å². The summed E-state index contributed by atoms with van der Waals surface area (Å²) in [5.41, 5.74) is 1.92. The molecule has 146 valence electrons. The summed E-state index contributed by atoms with van der Waals surface area (Å²) in [6.45, 7) is 3.91. The first-order chi connectivity index (χ1) is 12.9. The predicted octanol–water partition coefficient (Wildman–Crippen LogP) is 4.05. The lowest BCUT2D eigenvalue weighted by molar-refractivity contribution is -0.152. The van der Waals surface area contributed by atoms with Gasteiger partial charge in [0.1, 0.15) is 0 Å². The summed E-state index contributed by atoms with van der Waals surface area (Å²) >= 11 is 0. The maximum Gasteiger partial charge on any atom is 0.336 e. The monoisotopic (exact) mass is 390 g/mol. The van der Waals surface area contributed by atoms with Crippen LogP contribution < -0.4 is 0 Å². The molecule has 0 radical (unpaired) electrons. The number of carbonyl (C=O) groups is 1. The standard InChI is InChI=1S/C21H26O5S/c1-3-15-25-21(22)20(14-8-12-18-10-5-4-6-11-18)26-27(23,24)19-13-7-9-17(2)16-19/h4-7,9-11,13,16,20H,3,8,12,14-15H2,1-2H3/t20-/m1/s1. The Bertz CT molecular complexity index is 831. The lowest BCUT2D eigenvalue weighted by Crippen LogP contribution is -2.30. The fourth-order valence-electron chi connectivity index (χ4n) is 2.62. The van der Waals surface area contributed by atoms with Gasteiger partial charge in [0, 0.05) is 0 Å². The highest BCUT2D eigenvalue weighted by Gasteiger charge is 2.28. The van der Waals surface area contributed by atoms with E-state index in [9.17, 15) is 13.2 Å². The Labute approximate surface area is 161 Å². The second-order valence-electron chi connectivity index (χ2n) is 6.40. The van der Waals surface area contributed by atoms with Gasteiger partial charge < -0.3 is 4.74 Å². The van der Waals surface area contributed by atoms with Crippen molar-refractivity contribution in [3.05, 3.63) is 65.7 Å². The minimum Gasteiger partial charge on any atom is -0.464 e. The van der Waals surface area contributed by atoms with Crippen LogP contribution in [0.15, 0.2) is 59.5 Å². The first kappa shape index (κ1) is 21.1. The van der Waals surface area contributed by atoms with Gasteiger partial charge in [-0.05, 0) is 55.9 Å². The molecule has 0 fully saturated rings. The number of rotatable bonds is 10. The van der Waals surface area contributed by atoms with Crippen LogP contribution in [0, 0.1) is 6.92 Å². The zero-order valence-corrected chi connectivity index (χ0v) is 16.6. The summed E-state index contributed by atoms with van der Waals surface area (Å²) in [6, 6.07) is 16.2. The normalized spacial score (nSPS) is 12.5. The van der Waals surface area contributed by atoms with E-state index in [-0.39, 0.29) is 17.9 Å². The Kier molecular flexibility index (Phi) is 8.00. The molecule has 0 aliphatic heterocycles. The maximum atomic E-state index is 12.6. The number of hydrogen-bond acceptors (Lipinski definition) is 5. The summed E-state index contributed by atoms with van der Waals surface area (Å²) in [5, 5.41) is 0. The van der Waals surface area contributed by atoms with Crippen molar-refractivity contribution in [3.63, 3.8) is 0 Å². The highest BCUT2D eigenvalue weighted by molar-refractivity contribution is 7.86. The lowest BCUT2D eigenvalue weighted by Gasteiger charge is -2.17. The van der Waals surface area contributed by atoms with Gasteiger partial charge in [-0.25, -0.2) is 4.79 Å². The SMILES string of the molecule is CCCOC(=O)[C@@H](CCCc1ccccc1)OS(=O)(=O)c1cccc(C)c1. The fraction of sp³-hybridized carbons (Fsp3) is 0.381. The highest BCUT2D eigenvalue weighted by atomic mass is 32.2. The Morgan fingerprint density at radius 3 is 2.48 bits per heavy atom. The van der Waals surface area contributed by atoms with Gasteiger partial charge in [0.25, 0.3) is 10.1 Å². The van der Waals surface area contributed by atoms with Crippen molar-refractivity contribution < 1.29 is 22.1 Å². The van der Waals surface area contributed by atoms with Crippen LogP contribution in [-0.2, 0) is 30.3 Å². The third kappa shape index (κ3) is 6.81. The molecule has 0 aliphatic rings. The summed E-state index contributed by atoms with van der Waals surface area (Å²) < 4.78 is 35.6. The number of hydrogen-bond donors (Lipinski definition) is 0. The maximum absolute atomic E-state index is 12.6. The number of esters is 1. The topological polar surface area (TPSA) is 69.7 Å². The van der Waals surface area contributed by atoms with E-state index < -0.39 is 22.2 Å². The van der Waals surface area contributed by atoms with Crippen LogP contribution in [0.5, 0.6) is 0 Å². The van der Waals surface area contributed by atoms with Crippen LogP contribution in [0.25, 0.3) is 0 Å². The van der Waals surface area contributed by atoms with E-state index in [1.54, 1.807) is 19.1 Å². The third-order valence-corrected chi connectivity index (χ3v) is 5.32. The van der Waals surface area contributed by atoms with Gasteiger partial charge in [0.2, 0.25) is 0 Å². The van der Waals surface area contributed by atoms with Gasteiger partial charge in [-0.2, -0.15) is 8.42 Å². The smallest absolute Gasteiger partial charge is 0.336 e. The molecule has 0 aromatic heterocycles. The van der Waals surface area contributed by atoms with E-state index in [0.717, 1.165) is 17.5 Å². The lowest BCUT2D eigenvalue weighted by atomic mass is 10.1. The Balaban J connectivity index is 2.08. The van der Waals surface area contributed by atoms with Crippen molar-refractivity contribution >= 4 is 16.1 Å². The first-order valence-corrected chi connectivity index (χ1v) is 10.5. The molecule has 0 N–H and O–H groups in total. The van der Waals surface area contributed by atoms with E-state index >= 15 is 0 Å². The zero-order chi connectivity index (χ0) is 19.7. The molecule has 0 amide bonds. The molecule has 2 rings (SSSR count). The highest BCUT2D eigenvalue weighted by Crippen LogP contribution is 2.19. The van der Waals surface area contributed by atoms with Crippen LogP contribution >= 0.6 is 0 Å². The van der Waals surface area contributed by atoms with Gasteiger partial charge >= 0.3 is 5.97 Å². The van der Waals surface area contributed by atoms with E-state index in [1.807, 2.05) is 37.3 Å². The molecular weight excluding hydrogens is 364 g/mol. The van der Waals surface area contributed by atoms with Crippen LogP contribution in [0.4, 0.5) is 0 Å². The quantitative estimate of drug-likeness (QED) is 0.452. The molecular formula is C21H26O5S. The average Bonchev–Trinajstić information content (AvgIpc) is 2.66. The molecule has 0 heterocycles. The third-order valence-electron chi connectivity index (χ3n) is 4.01. The van der Waals surface area contributed by atoms with Crippen LogP contribution in [0.1, 0.15) is 37.3 Å². The second-order valence-corrected chi connectivity index (χ2v) is 7.97. The van der Waals surface area contributed by atoms with E-state index in [2.05, 4.69) is 0 Å². The number of aryl methyl sites for hydroxylation is 2. The largest absolute Gasteiger partial charge is 0.464 e. The molecule has 2 aromatic carbocycles. The second kappa shape index (κ2) is 10.2. The van der Waals surface area contributed by atoms with Crippen LogP contribution in [0.2, 0.25) is 0 Å². The fourth-order valence-corrected chi connectivity index (χ4v) is 3.78. The van der Waals surface area contributed by atoms with Crippen molar-refractivity contribution in [1.29, 1.82) is 0 Å². The Morgan fingerprint density at radius 2 is 1.81 bits per heavy atom. The van der Waals surface area contributed by atoms with E-state index in [1.165, 1.54) is 12.1 Å². The van der Waals surface area contributed by atoms with Crippen molar-refractivity contribution in [2.45, 2.75) is 50.5 Å². The van der Waals surface area contributed by atoms with Crippen LogP contribution in [-0.4, -0.2) is 27.1 Å². The summed E-state index contributed by atoms with van der Waals surface area (Å²) in [4.78, 5) is 12.3. The zero-order valence-electron chi connectivity index (χ0n) is 15.8. The van der Waals surface area contributed by atoms with Crippen LogP contribution in [0.3, 0.4) is 0 Å². The molecule has 0 saturated carbocycles.